The molecule has 0 saturated carbocycles. The van der Waals surface area contributed by atoms with Crippen molar-refractivity contribution in [2.45, 2.75) is 24.7 Å². The molecular weight excluding hydrogens is 705 g/mol. The average molecular weight is 739 g/mol. The van der Waals surface area contributed by atoms with Crippen LogP contribution in [0.4, 0.5) is 0 Å². The highest BCUT2D eigenvalue weighted by molar-refractivity contribution is 7.80. The summed E-state index contributed by atoms with van der Waals surface area (Å²) in [6.07, 6.45) is 0. The van der Waals surface area contributed by atoms with Crippen molar-refractivity contribution < 1.29 is 0 Å². The summed E-state index contributed by atoms with van der Waals surface area (Å²) in [7, 11) is 0. The van der Waals surface area contributed by atoms with Gasteiger partial charge in [0.05, 0.1) is 16.7 Å². The van der Waals surface area contributed by atoms with Crippen LogP contribution in [0.2, 0.25) is 0 Å². The first-order valence-electron chi connectivity index (χ1n) is 19.1. The zero-order valence-electron chi connectivity index (χ0n) is 30.3. The van der Waals surface area contributed by atoms with Gasteiger partial charge in [0.15, 0.2) is 0 Å². The first-order chi connectivity index (χ1) is 27.0. The van der Waals surface area contributed by atoms with Gasteiger partial charge >= 0.3 is 0 Å². The summed E-state index contributed by atoms with van der Waals surface area (Å²) in [6, 6.07) is 55.8. The van der Waals surface area contributed by atoms with E-state index in [4.69, 9.17) is 17.6 Å². The van der Waals surface area contributed by atoms with Crippen LogP contribution in [0, 0.1) is 5.92 Å². The minimum Gasteiger partial charge on any atom is -0.297 e. The van der Waals surface area contributed by atoms with Crippen molar-refractivity contribution in [2.75, 3.05) is 0 Å². The largest absolute Gasteiger partial charge is 0.297 e. The fourth-order valence-corrected chi connectivity index (χ4v) is 11.5. The molecule has 0 fully saturated rings. The van der Waals surface area contributed by atoms with E-state index >= 15 is 0 Å². The van der Waals surface area contributed by atoms with Crippen LogP contribution in [0.25, 0.3) is 91.5 Å². The second-order valence-corrected chi connectivity index (χ2v) is 16.8. The average Bonchev–Trinajstić information content (AvgIpc) is 3.73. The molecule has 2 aromatic heterocycles. The Morgan fingerprint density at radius 1 is 0.582 bits per heavy atom. The fraction of sp³-hybridized carbons (Fsp3) is 0.0784. The number of hydrogen-bond acceptors (Lipinski definition) is 3. The number of aromatic nitrogens is 1. The molecule has 8 aromatic carbocycles. The maximum absolute atomic E-state index is 5.77. The number of benzene rings is 8. The van der Waals surface area contributed by atoms with Gasteiger partial charge < -0.3 is 0 Å². The molecule has 0 saturated heterocycles. The minimum absolute atomic E-state index is 0.0691. The molecule has 10 aromatic rings. The van der Waals surface area contributed by atoms with E-state index in [9.17, 15) is 0 Å². The van der Waals surface area contributed by atoms with Crippen LogP contribution < -0.4 is 0 Å². The van der Waals surface area contributed by atoms with Crippen LogP contribution >= 0.6 is 24.0 Å². The zero-order valence-corrected chi connectivity index (χ0v) is 32.0. The topological polar surface area (TPSA) is 17.3 Å². The minimum atomic E-state index is 0.0691. The Morgan fingerprint density at radius 3 is 2.11 bits per heavy atom. The molecule has 2 nitrogen and oxygen atoms in total. The Kier molecular flexibility index (Phi) is 6.59. The second kappa shape index (κ2) is 11.5. The SMILES string of the molecule is CC1=C(c2ccc(-c3ccccc3)cc2)N=C(n2c3ccc4cc5ccccc5c5c4c3c3c4c(ccc32)sc2cccc-5c24)C(C)C1c1ccccc1S. The van der Waals surface area contributed by atoms with Gasteiger partial charge in [-0.3, -0.25) is 4.57 Å². The monoisotopic (exact) mass is 738 g/mol. The molecule has 0 N–H and O–H groups in total. The molecular formula is C51H34N2S2. The van der Waals surface area contributed by atoms with Crippen molar-refractivity contribution in [3.8, 4) is 22.3 Å². The third-order valence-electron chi connectivity index (χ3n) is 12.4. The molecule has 0 amide bonds. The van der Waals surface area contributed by atoms with Crippen molar-refractivity contribution in [2.24, 2.45) is 10.9 Å². The van der Waals surface area contributed by atoms with Gasteiger partial charge in [-0.1, -0.05) is 122 Å². The molecule has 260 valence electrons. The number of rotatable bonds is 3. The molecule has 55 heavy (non-hydrogen) atoms. The molecule has 0 radical (unpaired) electrons. The summed E-state index contributed by atoms with van der Waals surface area (Å²) >= 11 is 6.97. The van der Waals surface area contributed by atoms with Crippen LogP contribution in [0.3, 0.4) is 0 Å². The summed E-state index contributed by atoms with van der Waals surface area (Å²) in [5, 5.41) is 10.6. The predicted molar refractivity (Wildman–Crippen MR) is 239 cm³/mol. The number of thiol groups is 1. The Balaban J connectivity index is 1.20. The van der Waals surface area contributed by atoms with Crippen molar-refractivity contribution in [3.63, 3.8) is 0 Å². The van der Waals surface area contributed by atoms with Crippen molar-refractivity contribution in [1.82, 2.24) is 4.57 Å². The second-order valence-electron chi connectivity index (χ2n) is 15.2. The quantitative estimate of drug-likeness (QED) is 0.137. The van der Waals surface area contributed by atoms with E-state index in [0.717, 1.165) is 22.0 Å². The van der Waals surface area contributed by atoms with E-state index in [0.29, 0.717) is 0 Å². The maximum atomic E-state index is 5.77. The first kappa shape index (κ1) is 31.4. The highest BCUT2D eigenvalue weighted by Crippen LogP contribution is 2.54. The molecule has 2 atom stereocenters. The Hall–Kier alpha value is -5.94. The molecule has 3 heterocycles. The smallest absolute Gasteiger partial charge is 0.118 e. The Labute approximate surface area is 328 Å². The first-order valence-corrected chi connectivity index (χ1v) is 20.3. The maximum Gasteiger partial charge on any atom is 0.118 e. The van der Waals surface area contributed by atoms with E-state index in [1.54, 1.807) is 0 Å². The van der Waals surface area contributed by atoms with Crippen molar-refractivity contribution in [3.05, 3.63) is 168 Å². The molecule has 12 rings (SSSR count). The normalized spacial score (nSPS) is 16.7. The number of nitrogens with zero attached hydrogens (tertiary/aromatic N) is 2. The summed E-state index contributed by atoms with van der Waals surface area (Å²) in [6.45, 7) is 4.64. The molecule has 2 aliphatic rings. The van der Waals surface area contributed by atoms with Crippen molar-refractivity contribution in [1.29, 1.82) is 0 Å². The molecule has 4 heteroatoms. The van der Waals surface area contributed by atoms with Gasteiger partial charge in [-0.15, -0.1) is 24.0 Å². The van der Waals surface area contributed by atoms with Crippen LogP contribution in [-0.2, 0) is 0 Å². The van der Waals surface area contributed by atoms with E-state index in [2.05, 4.69) is 170 Å². The molecule has 1 aliphatic carbocycles. The standard InChI is InChI=1S/C51H34N2S2/c1-28-43(36-15-8-9-17-40(36)54)29(2)51(52-50(28)32-21-19-31(20-22-32)30-11-4-3-5-12-30)53-38-24-23-34-27-33-13-6-7-14-35(33)45-37-16-10-18-41-46(37)49-42(55-41)26-25-39(53)48(49)47(38)44(34)45/h3-27,29,43,54H,1-2H3. The number of fused-ring (bicyclic) bond motifs is 3. The van der Waals surface area contributed by atoms with E-state index in [1.807, 2.05) is 11.3 Å². The Bertz CT molecular complexity index is 3340. The lowest BCUT2D eigenvalue weighted by Gasteiger charge is -2.34. The lowest BCUT2D eigenvalue weighted by atomic mass is 9.77. The number of hydrogen-bond donors (Lipinski definition) is 1. The van der Waals surface area contributed by atoms with Gasteiger partial charge in [0.1, 0.15) is 5.84 Å². The zero-order chi connectivity index (χ0) is 36.5. The van der Waals surface area contributed by atoms with E-state index in [-0.39, 0.29) is 11.8 Å². The van der Waals surface area contributed by atoms with Gasteiger partial charge in [-0.05, 0) is 92.9 Å². The third-order valence-corrected chi connectivity index (χ3v) is 13.9. The molecule has 2 unspecified atom stereocenters. The third kappa shape index (κ3) is 4.30. The number of aliphatic imine (C=N–C) groups is 1. The van der Waals surface area contributed by atoms with Gasteiger partial charge in [-0.2, -0.15) is 0 Å². The van der Waals surface area contributed by atoms with Crippen LogP contribution in [-0.4, -0.2) is 10.4 Å². The molecule has 0 spiro atoms. The van der Waals surface area contributed by atoms with E-state index < -0.39 is 0 Å². The van der Waals surface area contributed by atoms with Crippen LogP contribution in [0.1, 0.15) is 30.9 Å². The van der Waals surface area contributed by atoms with Gasteiger partial charge in [0.25, 0.3) is 0 Å². The van der Waals surface area contributed by atoms with Crippen LogP contribution in [0.15, 0.2) is 167 Å². The number of allylic oxidation sites excluding steroid dienone is 1. The molecule has 0 bridgehead atoms. The predicted octanol–water partition coefficient (Wildman–Crippen LogP) is 14.5. The molecule has 1 aliphatic heterocycles. The lowest BCUT2D eigenvalue weighted by Crippen LogP contribution is -2.30. The van der Waals surface area contributed by atoms with E-state index in [1.165, 1.54) is 96.9 Å². The van der Waals surface area contributed by atoms with Crippen molar-refractivity contribution >= 4 is 99.0 Å². The summed E-state index contributed by atoms with van der Waals surface area (Å²) in [4.78, 5) is 6.78. The van der Waals surface area contributed by atoms with Gasteiger partial charge in [0, 0.05) is 58.6 Å². The lowest BCUT2D eigenvalue weighted by molar-refractivity contribution is 0.617. The fourth-order valence-electron chi connectivity index (χ4n) is 10.0. The summed E-state index contributed by atoms with van der Waals surface area (Å²) in [5.74, 6) is 1.22. The highest BCUT2D eigenvalue weighted by atomic mass is 32.1. The van der Waals surface area contributed by atoms with Gasteiger partial charge in [-0.25, -0.2) is 4.99 Å². The summed E-state index contributed by atoms with van der Waals surface area (Å²) in [5.41, 5.74) is 12.2. The Morgan fingerprint density at radius 2 is 1.27 bits per heavy atom. The highest BCUT2D eigenvalue weighted by Gasteiger charge is 2.36. The van der Waals surface area contributed by atoms with Gasteiger partial charge in [0.2, 0.25) is 0 Å². The number of thiophene rings is 1. The van der Waals surface area contributed by atoms with Crippen LogP contribution in [0.5, 0.6) is 0 Å². The summed E-state index contributed by atoms with van der Waals surface area (Å²) < 4.78 is 5.19.